The first-order chi connectivity index (χ1) is 10.5. The largest absolute Gasteiger partial charge is 0.0775 e. The van der Waals surface area contributed by atoms with Crippen LogP contribution in [0.3, 0.4) is 0 Å². The summed E-state index contributed by atoms with van der Waals surface area (Å²) in [4.78, 5) is 0. The highest BCUT2D eigenvalue weighted by Crippen LogP contribution is 2.08. The van der Waals surface area contributed by atoms with Crippen molar-refractivity contribution in [3.05, 3.63) is 65.2 Å². The molecule has 0 amide bonds. The second-order valence-corrected chi connectivity index (χ2v) is 12.0. The number of hydrogen-bond acceptors (Lipinski definition) is 0. The van der Waals surface area contributed by atoms with Crippen LogP contribution in [-0.2, 0) is 6.42 Å². The average molecular weight is 307 g/mol. The molecule has 2 aromatic rings. The minimum absolute atomic E-state index is 1.09. The Morgan fingerprint density at radius 2 is 1.27 bits per heavy atom. The molecule has 0 fully saturated rings. The summed E-state index contributed by atoms with van der Waals surface area (Å²) in [7, 11) is -1.21. The number of hydrogen-bond donors (Lipinski definition) is 0. The molecule has 0 N–H and O–H groups in total. The zero-order valence-corrected chi connectivity index (χ0v) is 15.2. The molecule has 0 aliphatic rings. The van der Waals surface area contributed by atoms with E-state index in [1.807, 2.05) is 0 Å². The Balaban J connectivity index is 2.06. The monoisotopic (exact) mass is 306 g/mol. The minimum atomic E-state index is -1.21. The van der Waals surface area contributed by atoms with E-state index < -0.39 is 8.07 Å². The fraction of sp³-hybridized carbons (Fsp3) is 0.333. The van der Waals surface area contributed by atoms with Gasteiger partial charge in [0.1, 0.15) is 0 Å². The molecule has 0 saturated carbocycles. The first-order valence-corrected chi connectivity index (χ1v) is 11.7. The SMILES string of the molecule is CCCCc1ccc(C#Cc2ccc([Si](C)(C)C)cc2)cc1. The van der Waals surface area contributed by atoms with Crippen LogP contribution in [0, 0.1) is 11.8 Å². The Kier molecular flexibility index (Phi) is 5.63. The van der Waals surface area contributed by atoms with Crippen LogP contribution in [0.1, 0.15) is 36.5 Å². The van der Waals surface area contributed by atoms with Crippen molar-refractivity contribution in [2.75, 3.05) is 0 Å². The van der Waals surface area contributed by atoms with Gasteiger partial charge in [-0.15, -0.1) is 0 Å². The third-order valence-corrected chi connectivity index (χ3v) is 5.94. The van der Waals surface area contributed by atoms with Gasteiger partial charge in [0.25, 0.3) is 0 Å². The van der Waals surface area contributed by atoms with Crippen LogP contribution in [0.2, 0.25) is 19.6 Å². The normalized spacial score (nSPS) is 10.9. The molecule has 0 aliphatic carbocycles. The predicted molar refractivity (Wildman–Crippen MR) is 100 cm³/mol. The zero-order valence-electron chi connectivity index (χ0n) is 14.2. The molecule has 2 aromatic carbocycles. The van der Waals surface area contributed by atoms with Gasteiger partial charge < -0.3 is 0 Å². The third-order valence-electron chi connectivity index (χ3n) is 3.88. The summed E-state index contributed by atoms with van der Waals surface area (Å²) < 4.78 is 0. The van der Waals surface area contributed by atoms with E-state index in [0.717, 1.165) is 11.1 Å². The predicted octanol–water partition coefficient (Wildman–Crippen LogP) is 4.97. The molecule has 0 spiro atoms. The molecule has 0 bridgehead atoms. The number of unbranched alkanes of at least 4 members (excludes halogenated alkanes) is 1. The van der Waals surface area contributed by atoms with E-state index in [1.165, 1.54) is 30.0 Å². The molecule has 0 atom stereocenters. The van der Waals surface area contributed by atoms with E-state index in [1.54, 1.807) is 0 Å². The molecule has 2 rings (SSSR count). The van der Waals surface area contributed by atoms with Crippen LogP contribution < -0.4 is 5.19 Å². The van der Waals surface area contributed by atoms with E-state index in [9.17, 15) is 0 Å². The van der Waals surface area contributed by atoms with Crippen LogP contribution in [0.25, 0.3) is 0 Å². The van der Waals surface area contributed by atoms with E-state index >= 15 is 0 Å². The van der Waals surface area contributed by atoms with Crippen LogP contribution in [0.4, 0.5) is 0 Å². The number of benzene rings is 2. The van der Waals surface area contributed by atoms with Crippen molar-refractivity contribution in [2.45, 2.75) is 45.8 Å². The van der Waals surface area contributed by atoms with Gasteiger partial charge in [-0.3, -0.25) is 0 Å². The summed E-state index contributed by atoms with van der Waals surface area (Å²) in [5.41, 5.74) is 3.60. The van der Waals surface area contributed by atoms with Crippen molar-refractivity contribution >= 4 is 13.3 Å². The third kappa shape index (κ3) is 4.89. The fourth-order valence-electron chi connectivity index (χ4n) is 2.33. The van der Waals surface area contributed by atoms with Crippen molar-refractivity contribution in [3.8, 4) is 11.8 Å². The number of rotatable bonds is 4. The molecule has 0 aliphatic heterocycles. The van der Waals surface area contributed by atoms with E-state index in [0.29, 0.717) is 0 Å². The van der Waals surface area contributed by atoms with Crippen molar-refractivity contribution in [1.29, 1.82) is 0 Å². The van der Waals surface area contributed by atoms with Gasteiger partial charge in [-0.1, -0.05) is 74.3 Å². The second kappa shape index (κ2) is 7.47. The standard InChI is InChI=1S/C21H26Si/c1-5-6-7-18-8-10-19(11-9-18)12-13-20-14-16-21(17-15-20)22(2,3)4/h8-11,14-17H,5-7H2,1-4H3. The van der Waals surface area contributed by atoms with E-state index in [2.05, 4.69) is 86.9 Å². The average Bonchev–Trinajstić information content (AvgIpc) is 2.51. The van der Waals surface area contributed by atoms with Crippen molar-refractivity contribution < 1.29 is 0 Å². The van der Waals surface area contributed by atoms with Crippen LogP contribution >= 0.6 is 0 Å². The van der Waals surface area contributed by atoms with Gasteiger partial charge in [0, 0.05) is 11.1 Å². The Morgan fingerprint density at radius 3 is 1.73 bits per heavy atom. The Hall–Kier alpha value is -1.78. The van der Waals surface area contributed by atoms with Crippen LogP contribution in [-0.4, -0.2) is 8.07 Å². The molecular formula is C21H26Si. The summed E-state index contributed by atoms with van der Waals surface area (Å²) in [6, 6.07) is 17.4. The van der Waals surface area contributed by atoms with Crippen molar-refractivity contribution in [2.24, 2.45) is 0 Å². The lowest BCUT2D eigenvalue weighted by atomic mass is 10.1. The van der Waals surface area contributed by atoms with Crippen molar-refractivity contribution in [3.63, 3.8) is 0 Å². The molecule has 1 heteroatoms. The molecular weight excluding hydrogens is 280 g/mol. The maximum atomic E-state index is 3.27. The molecule has 0 saturated heterocycles. The fourth-order valence-corrected chi connectivity index (χ4v) is 3.50. The summed E-state index contributed by atoms with van der Waals surface area (Å²) in [5, 5.41) is 1.48. The van der Waals surface area contributed by atoms with Gasteiger partial charge in [0.15, 0.2) is 0 Å². The highest BCUT2D eigenvalue weighted by molar-refractivity contribution is 6.88. The Morgan fingerprint density at radius 1 is 0.773 bits per heavy atom. The maximum Gasteiger partial charge on any atom is 0.0775 e. The quantitative estimate of drug-likeness (QED) is 0.552. The lowest BCUT2D eigenvalue weighted by molar-refractivity contribution is 0.795. The summed E-state index contributed by atoms with van der Waals surface area (Å²) >= 11 is 0. The summed E-state index contributed by atoms with van der Waals surface area (Å²) in [6.45, 7) is 9.34. The van der Waals surface area contributed by atoms with Crippen LogP contribution in [0.5, 0.6) is 0 Å². The molecule has 22 heavy (non-hydrogen) atoms. The molecule has 0 nitrogen and oxygen atoms in total. The molecule has 0 unspecified atom stereocenters. The number of aryl methyl sites for hydroxylation is 1. The van der Waals surface area contributed by atoms with Gasteiger partial charge >= 0.3 is 0 Å². The minimum Gasteiger partial charge on any atom is -0.0656 e. The zero-order chi connectivity index (χ0) is 16.0. The first-order valence-electron chi connectivity index (χ1n) is 8.20. The second-order valence-electron chi connectivity index (χ2n) is 6.88. The molecule has 0 aromatic heterocycles. The van der Waals surface area contributed by atoms with Crippen molar-refractivity contribution in [1.82, 2.24) is 0 Å². The van der Waals surface area contributed by atoms with Crippen LogP contribution in [0.15, 0.2) is 48.5 Å². The lowest BCUT2D eigenvalue weighted by Crippen LogP contribution is -2.37. The highest BCUT2D eigenvalue weighted by Gasteiger charge is 2.15. The van der Waals surface area contributed by atoms with E-state index in [-0.39, 0.29) is 0 Å². The summed E-state index contributed by atoms with van der Waals surface area (Å²) in [5.74, 6) is 6.53. The smallest absolute Gasteiger partial charge is 0.0656 e. The summed E-state index contributed by atoms with van der Waals surface area (Å²) in [6.07, 6.45) is 3.67. The molecule has 0 radical (unpaired) electrons. The van der Waals surface area contributed by atoms with E-state index in [4.69, 9.17) is 0 Å². The molecule has 0 heterocycles. The van der Waals surface area contributed by atoms with Gasteiger partial charge in [-0.25, -0.2) is 0 Å². The Bertz CT molecular complexity index is 646. The van der Waals surface area contributed by atoms with Gasteiger partial charge in [0.2, 0.25) is 0 Å². The van der Waals surface area contributed by atoms with Gasteiger partial charge in [-0.2, -0.15) is 0 Å². The van der Waals surface area contributed by atoms with Gasteiger partial charge in [-0.05, 0) is 42.7 Å². The van der Waals surface area contributed by atoms with Gasteiger partial charge in [0.05, 0.1) is 8.07 Å². The topological polar surface area (TPSA) is 0 Å². The highest BCUT2D eigenvalue weighted by atomic mass is 28.3. The molecule has 114 valence electrons. The first kappa shape index (κ1) is 16.6. The Labute approximate surface area is 136 Å². The lowest BCUT2D eigenvalue weighted by Gasteiger charge is -2.15. The maximum absolute atomic E-state index is 3.27.